The molecule has 0 aliphatic carbocycles. The van der Waals surface area contributed by atoms with Crippen molar-refractivity contribution in [1.29, 1.82) is 0 Å². The molecule has 1 saturated heterocycles. The number of anilines is 2. The molecule has 6 nitrogen and oxygen atoms in total. The quantitative estimate of drug-likeness (QED) is 0.340. The van der Waals surface area contributed by atoms with Crippen molar-refractivity contribution in [2.75, 3.05) is 10.2 Å². The minimum Gasteiger partial charge on any atom is -0.440 e. The van der Waals surface area contributed by atoms with E-state index in [1.807, 2.05) is 62.4 Å². The van der Waals surface area contributed by atoms with E-state index < -0.39 is 11.7 Å². The van der Waals surface area contributed by atoms with Gasteiger partial charge in [-0.3, -0.25) is 0 Å². The first kappa shape index (κ1) is 22.6. The van der Waals surface area contributed by atoms with E-state index in [1.165, 1.54) is 11.1 Å². The molecule has 2 atom stereocenters. The van der Waals surface area contributed by atoms with Gasteiger partial charge in [0.05, 0.1) is 6.04 Å². The molecule has 0 radical (unpaired) electrons. The molecule has 2 heterocycles. The normalized spacial score (nSPS) is 17.6. The fraction of sp³-hybridized carbons (Fsp3) is 0.207. The number of amides is 1. The van der Waals surface area contributed by atoms with Gasteiger partial charge in [0.25, 0.3) is 0 Å². The number of carbonyl (C=O) groups is 1. The Morgan fingerprint density at radius 3 is 2.20 bits per heavy atom. The van der Waals surface area contributed by atoms with Gasteiger partial charge in [0.1, 0.15) is 17.5 Å². The van der Waals surface area contributed by atoms with Crippen LogP contribution in [0.4, 0.5) is 16.6 Å². The lowest BCUT2D eigenvalue weighted by Gasteiger charge is -2.28. The van der Waals surface area contributed by atoms with E-state index in [0.717, 1.165) is 11.1 Å². The van der Waals surface area contributed by atoms with Gasteiger partial charge in [-0.25, -0.2) is 14.7 Å². The topological polar surface area (TPSA) is 67.4 Å². The number of hydrogen-bond acceptors (Lipinski definition) is 5. The van der Waals surface area contributed by atoms with Crippen LogP contribution in [0.15, 0.2) is 97.2 Å². The number of aromatic nitrogens is 2. The second kappa shape index (κ2) is 9.22. The Kier molecular flexibility index (Phi) is 5.95. The van der Waals surface area contributed by atoms with E-state index >= 15 is 0 Å². The van der Waals surface area contributed by atoms with Crippen LogP contribution in [0.2, 0.25) is 0 Å². The molecule has 4 aromatic rings. The first-order valence-electron chi connectivity index (χ1n) is 11.7. The highest BCUT2D eigenvalue weighted by Gasteiger charge is 2.49. The Hall–Kier alpha value is -4.19. The number of cyclic esters (lactones) is 1. The monoisotopic (exact) mass is 464 g/mol. The van der Waals surface area contributed by atoms with Crippen LogP contribution in [0.5, 0.6) is 0 Å². The van der Waals surface area contributed by atoms with Gasteiger partial charge in [-0.05, 0) is 49.1 Å². The summed E-state index contributed by atoms with van der Waals surface area (Å²) < 4.78 is 5.73. The molecule has 1 amide bonds. The number of benzene rings is 3. The van der Waals surface area contributed by atoms with Crippen LogP contribution in [-0.2, 0) is 4.74 Å². The zero-order valence-electron chi connectivity index (χ0n) is 20.1. The molecule has 1 N–H and O–H groups in total. The molecule has 1 fully saturated rings. The molecule has 1 aliphatic heterocycles. The van der Waals surface area contributed by atoms with Gasteiger partial charge >= 0.3 is 6.09 Å². The smallest absolute Gasteiger partial charge is 0.416 e. The molecule has 6 heteroatoms. The van der Waals surface area contributed by atoms with Crippen molar-refractivity contribution in [3.63, 3.8) is 0 Å². The molecule has 1 aliphatic rings. The Balaban J connectivity index is 1.37. The predicted molar refractivity (Wildman–Crippen MR) is 138 cm³/mol. The lowest BCUT2D eigenvalue weighted by atomic mass is 9.91. The van der Waals surface area contributed by atoms with Gasteiger partial charge in [-0.2, -0.15) is 4.98 Å². The largest absolute Gasteiger partial charge is 0.440 e. The van der Waals surface area contributed by atoms with Crippen molar-refractivity contribution in [2.45, 2.75) is 38.5 Å². The Morgan fingerprint density at radius 1 is 0.886 bits per heavy atom. The summed E-state index contributed by atoms with van der Waals surface area (Å²) in [5, 5.41) is 3.37. The first-order chi connectivity index (χ1) is 16.9. The maximum absolute atomic E-state index is 12.9. The molecule has 0 saturated carbocycles. The number of nitrogens with zero attached hydrogens (tertiary/aromatic N) is 3. The highest BCUT2D eigenvalue weighted by atomic mass is 16.6. The lowest BCUT2D eigenvalue weighted by Crippen LogP contribution is -2.34. The summed E-state index contributed by atoms with van der Waals surface area (Å²) >= 11 is 0. The maximum Gasteiger partial charge on any atom is 0.416 e. The minimum absolute atomic E-state index is 0.0260. The zero-order chi connectivity index (χ0) is 24.4. The number of nitrogens with one attached hydrogen (secondary N) is 1. The fourth-order valence-electron chi connectivity index (χ4n) is 4.58. The molecule has 1 unspecified atom stereocenters. The molecule has 0 spiro atoms. The standard InChI is InChI=1S/C29H28N4O2/c1-20(21-14-16-23(17-15-21)22-10-6-4-7-11-22)31-27-30-19-18-25(32-27)33-26(24-12-8-5-9-13-24)29(2,3)35-28(33)34/h4-20,26H,1-3H3,(H,30,31,32)/t20?,26-/m0/s1. The zero-order valence-corrected chi connectivity index (χ0v) is 20.1. The van der Waals surface area contributed by atoms with E-state index in [4.69, 9.17) is 4.74 Å². The van der Waals surface area contributed by atoms with E-state index in [-0.39, 0.29) is 12.1 Å². The van der Waals surface area contributed by atoms with Crippen LogP contribution >= 0.6 is 0 Å². The van der Waals surface area contributed by atoms with Crippen LogP contribution in [-0.4, -0.2) is 21.7 Å². The van der Waals surface area contributed by atoms with Gasteiger partial charge in [-0.1, -0.05) is 84.9 Å². The summed E-state index contributed by atoms with van der Waals surface area (Å²) in [6.07, 6.45) is 1.24. The summed E-state index contributed by atoms with van der Waals surface area (Å²) in [5.74, 6) is 0.949. The third-order valence-electron chi connectivity index (χ3n) is 6.33. The summed E-state index contributed by atoms with van der Waals surface area (Å²) in [5.41, 5.74) is 3.75. The Morgan fingerprint density at radius 2 is 1.51 bits per heavy atom. The lowest BCUT2D eigenvalue weighted by molar-refractivity contribution is 0.0685. The van der Waals surface area contributed by atoms with Crippen molar-refractivity contribution in [1.82, 2.24) is 9.97 Å². The van der Waals surface area contributed by atoms with Gasteiger partial charge < -0.3 is 10.1 Å². The molecule has 0 bridgehead atoms. The van der Waals surface area contributed by atoms with Gasteiger partial charge in [0.15, 0.2) is 0 Å². The van der Waals surface area contributed by atoms with Crippen LogP contribution in [0.25, 0.3) is 11.1 Å². The summed E-state index contributed by atoms with van der Waals surface area (Å²) in [7, 11) is 0. The highest BCUT2D eigenvalue weighted by Crippen LogP contribution is 2.43. The van der Waals surface area contributed by atoms with Crippen molar-refractivity contribution in [2.24, 2.45) is 0 Å². The first-order valence-corrected chi connectivity index (χ1v) is 11.7. The predicted octanol–water partition coefficient (Wildman–Crippen LogP) is 6.79. The molecule has 176 valence electrons. The molecular weight excluding hydrogens is 436 g/mol. The SMILES string of the molecule is CC(Nc1nccc(N2C(=O)OC(C)(C)[C@@H]2c2ccccc2)n1)c1ccc(-c2ccccc2)cc1. The molecule has 5 rings (SSSR count). The van der Waals surface area contributed by atoms with Crippen molar-refractivity contribution in [3.8, 4) is 11.1 Å². The van der Waals surface area contributed by atoms with E-state index in [2.05, 4.69) is 58.6 Å². The Bertz CT molecular complexity index is 1310. The maximum atomic E-state index is 12.9. The summed E-state index contributed by atoms with van der Waals surface area (Å²) in [4.78, 5) is 23.6. The Labute approximate surface area is 205 Å². The second-order valence-electron chi connectivity index (χ2n) is 9.25. The van der Waals surface area contributed by atoms with Crippen molar-refractivity contribution >= 4 is 17.9 Å². The third-order valence-corrected chi connectivity index (χ3v) is 6.33. The molecule has 3 aromatic carbocycles. The summed E-state index contributed by atoms with van der Waals surface area (Å²) in [6, 6.07) is 30.0. The number of hydrogen-bond donors (Lipinski definition) is 1. The van der Waals surface area contributed by atoms with Crippen LogP contribution in [0.3, 0.4) is 0 Å². The van der Waals surface area contributed by atoms with E-state index in [0.29, 0.717) is 11.8 Å². The highest BCUT2D eigenvalue weighted by molar-refractivity contribution is 5.90. The van der Waals surface area contributed by atoms with Gasteiger partial charge in [0.2, 0.25) is 5.95 Å². The summed E-state index contributed by atoms with van der Waals surface area (Å²) in [6.45, 7) is 5.90. The van der Waals surface area contributed by atoms with Crippen LogP contribution in [0, 0.1) is 0 Å². The van der Waals surface area contributed by atoms with E-state index in [9.17, 15) is 4.79 Å². The molecule has 1 aromatic heterocycles. The minimum atomic E-state index is -0.704. The van der Waals surface area contributed by atoms with Gasteiger partial charge in [0, 0.05) is 6.20 Å². The second-order valence-corrected chi connectivity index (χ2v) is 9.25. The molecular formula is C29H28N4O2. The fourth-order valence-corrected chi connectivity index (χ4v) is 4.58. The van der Waals surface area contributed by atoms with E-state index in [1.54, 1.807) is 17.2 Å². The van der Waals surface area contributed by atoms with Crippen molar-refractivity contribution < 1.29 is 9.53 Å². The van der Waals surface area contributed by atoms with Crippen LogP contribution < -0.4 is 10.2 Å². The molecule has 35 heavy (non-hydrogen) atoms. The number of carbonyl (C=O) groups excluding carboxylic acids is 1. The van der Waals surface area contributed by atoms with Gasteiger partial charge in [-0.15, -0.1) is 0 Å². The average Bonchev–Trinajstić information content (AvgIpc) is 3.13. The number of ether oxygens (including phenoxy) is 1. The number of rotatable bonds is 6. The average molecular weight is 465 g/mol. The van der Waals surface area contributed by atoms with Crippen LogP contribution in [0.1, 0.15) is 44.0 Å². The van der Waals surface area contributed by atoms with Crippen molar-refractivity contribution in [3.05, 3.63) is 108 Å². The third kappa shape index (κ3) is 4.60.